The molecule has 0 amide bonds. The van der Waals surface area contributed by atoms with E-state index in [1.807, 2.05) is 37.3 Å². The predicted octanol–water partition coefficient (Wildman–Crippen LogP) is 4.81. The summed E-state index contributed by atoms with van der Waals surface area (Å²) < 4.78 is 7.23. The molecule has 1 fully saturated rings. The number of hydrogen-bond donors (Lipinski definition) is 0. The fourth-order valence-corrected chi connectivity index (χ4v) is 5.72. The summed E-state index contributed by atoms with van der Waals surface area (Å²) in [5.74, 6) is 0.560. The molecule has 2 heterocycles. The molecule has 0 atom stereocenters. The Kier molecular flexibility index (Phi) is 7.55. The quantitative estimate of drug-likeness (QED) is 0.378. The Morgan fingerprint density at radius 2 is 1.87 bits per heavy atom. The summed E-state index contributed by atoms with van der Waals surface area (Å²) in [5.41, 5.74) is 2.87. The van der Waals surface area contributed by atoms with Crippen molar-refractivity contribution in [3.63, 3.8) is 0 Å². The molecule has 0 radical (unpaired) electrons. The van der Waals surface area contributed by atoms with Crippen LogP contribution < -0.4 is 0 Å². The molecule has 1 aliphatic heterocycles. The van der Waals surface area contributed by atoms with Gasteiger partial charge in [-0.3, -0.25) is 4.90 Å². The Labute approximate surface area is 196 Å². The average molecular weight is 472 g/mol. The number of fused-ring (bicyclic) bond motifs is 1. The topological polar surface area (TPSA) is 45.7 Å². The van der Waals surface area contributed by atoms with Crippen molar-refractivity contribution in [2.45, 2.75) is 19.2 Å². The number of hydrogen-bond acceptors (Lipinski definition) is 7. The second-order valence-corrected chi connectivity index (χ2v) is 10.0. The van der Waals surface area contributed by atoms with Crippen LogP contribution in [0.4, 0.5) is 0 Å². The van der Waals surface area contributed by atoms with E-state index < -0.39 is 0 Å². The van der Waals surface area contributed by atoms with Crippen LogP contribution in [0.25, 0.3) is 10.2 Å². The van der Waals surface area contributed by atoms with Gasteiger partial charge in [-0.05, 0) is 36.8 Å². The van der Waals surface area contributed by atoms with E-state index in [-0.39, 0.29) is 5.97 Å². The normalized spacial score (nSPS) is 14.7. The number of nitrogens with zero attached hydrogens (tertiary/aromatic N) is 3. The van der Waals surface area contributed by atoms with E-state index in [0.717, 1.165) is 53.3 Å². The van der Waals surface area contributed by atoms with Crippen LogP contribution in [0.15, 0.2) is 48.5 Å². The third kappa shape index (κ3) is 5.83. The minimum atomic E-state index is -0.264. The van der Waals surface area contributed by atoms with Crippen LogP contribution >= 0.6 is 35.3 Å². The number of carbonyl (C=O) groups excluding carboxylic acids is 1. The first kappa shape index (κ1) is 22.2. The lowest BCUT2D eigenvalue weighted by atomic mass is 10.1. The molecule has 162 valence electrons. The fourth-order valence-electron chi connectivity index (χ4n) is 3.50. The highest BCUT2D eigenvalue weighted by atomic mass is 32.2. The maximum atomic E-state index is 11.8. The third-order valence-electron chi connectivity index (χ3n) is 5.16. The lowest BCUT2D eigenvalue weighted by Gasteiger charge is -2.35. The van der Waals surface area contributed by atoms with Gasteiger partial charge in [-0.25, -0.2) is 9.78 Å². The molecular weight excluding hydrogens is 446 g/mol. The van der Waals surface area contributed by atoms with Crippen LogP contribution in [0, 0.1) is 0 Å². The molecule has 31 heavy (non-hydrogen) atoms. The monoisotopic (exact) mass is 471 g/mol. The highest BCUT2D eigenvalue weighted by Crippen LogP contribution is 2.26. The summed E-state index contributed by atoms with van der Waals surface area (Å²) in [5, 5.41) is 1.12. The van der Waals surface area contributed by atoms with Crippen molar-refractivity contribution < 1.29 is 9.53 Å². The molecule has 2 aromatic carbocycles. The van der Waals surface area contributed by atoms with Crippen molar-refractivity contribution in [1.82, 2.24) is 14.8 Å². The molecule has 1 aliphatic rings. The molecular formula is C23H25N3O2S3. The zero-order valence-corrected chi connectivity index (χ0v) is 19.9. The number of esters is 1. The number of benzene rings is 2. The first-order chi connectivity index (χ1) is 15.1. The van der Waals surface area contributed by atoms with Gasteiger partial charge in [-0.1, -0.05) is 48.2 Å². The molecule has 3 aromatic rings. The maximum Gasteiger partial charge on any atom is 0.338 e. The fraction of sp³-hybridized carbons (Fsp3) is 0.348. The van der Waals surface area contributed by atoms with Crippen LogP contribution in [0.1, 0.15) is 27.9 Å². The van der Waals surface area contributed by atoms with Crippen molar-refractivity contribution in [1.29, 1.82) is 0 Å². The molecule has 8 heteroatoms. The van der Waals surface area contributed by atoms with Gasteiger partial charge in [-0.15, -0.1) is 11.3 Å². The molecule has 0 N–H and O–H groups in total. The number of para-hydroxylation sites is 1. The number of ether oxygens (including phenoxy) is 1. The SMILES string of the molecule is CCOC(=O)c1ccc(CN2CCN(C(=S)SCc3nc4ccccc4s3)CC2)cc1. The molecule has 5 nitrogen and oxygen atoms in total. The number of thiazole rings is 1. The van der Waals surface area contributed by atoms with Crippen LogP contribution in [-0.4, -0.2) is 57.9 Å². The molecule has 1 saturated heterocycles. The van der Waals surface area contributed by atoms with Crippen LogP contribution in [0.3, 0.4) is 0 Å². The van der Waals surface area contributed by atoms with Gasteiger partial charge in [0.05, 0.1) is 28.1 Å². The van der Waals surface area contributed by atoms with Crippen molar-refractivity contribution >= 4 is 55.8 Å². The Hall–Kier alpha value is -2.00. The minimum absolute atomic E-state index is 0.264. The number of thiocarbonyl (C=S) groups is 1. The van der Waals surface area contributed by atoms with Gasteiger partial charge in [-0.2, -0.15) is 0 Å². The lowest BCUT2D eigenvalue weighted by molar-refractivity contribution is 0.0526. The third-order valence-corrected chi connectivity index (χ3v) is 7.91. The van der Waals surface area contributed by atoms with Crippen molar-refractivity contribution in [2.24, 2.45) is 0 Å². The first-order valence-corrected chi connectivity index (χ1v) is 12.6. The Morgan fingerprint density at radius 1 is 1.13 bits per heavy atom. The van der Waals surface area contributed by atoms with Crippen LogP contribution in [0.2, 0.25) is 0 Å². The van der Waals surface area contributed by atoms with Crippen molar-refractivity contribution in [3.05, 3.63) is 64.7 Å². The summed E-state index contributed by atoms with van der Waals surface area (Å²) in [6.07, 6.45) is 0. The Balaban J connectivity index is 1.22. The smallest absolute Gasteiger partial charge is 0.338 e. The standard InChI is InChI=1S/C23H25N3O2S3/c1-2-28-22(27)18-9-7-17(8-10-18)15-25-11-13-26(14-12-25)23(29)30-16-21-24-19-5-3-4-6-20(19)31-21/h3-10H,2,11-16H2,1H3. The number of carbonyl (C=O) groups is 1. The second kappa shape index (κ2) is 10.5. The summed E-state index contributed by atoms with van der Waals surface area (Å²) >= 11 is 9.14. The van der Waals surface area contributed by atoms with Crippen LogP contribution in [0.5, 0.6) is 0 Å². The Bertz CT molecular complexity index is 1010. The van der Waals surface area contributed by atoms with Gasteiger partial charge in [0.25, 0.3) is 0 Å². The molecule has 1 aromatic heterocycles. The van der Waals surface area contributed by atoms with Gasteiger partial charge < -0.3 is 9.64 Å². The van der Waals surface area contributed by atoms with Crippen molar-refractivity contribution in [2.75, 3.05) is 32.8 Å². The summed E-state index contributed by atoms with van der Waals surface area (Å²) in [4.78, 5) is 21.2. The lowest BCUT2D eigenvalue weighted by Crippen LogP contribution is -2.47. The van der Waals surface area contributed by atoms with E-state index in [1.54, 1.807) is 23.1 Å². The molecule has 0 bridgehead atoms. The first-order valence-electron chi connectivity index (χ1n) is 10.4. The number of aromatic nitrogens is 1. The molecule has 0 spiro atoms. The van der Waals surface area contributed by atoms with Gasteiger partial charge in [0, 0.05) is 32.7 Å². The Morgan fingerprint density at radius 3 is 2.58 bits per heavy atom. The van der Waals surface area contributed by atoms with E-state index >= 15 is 0 Å². The maximum absolute atomic E-state index is 11.8. The summed E-state index contributed by atoms with van der Waals surface area (Å²) in [6, 6.07) is 16.0. The summed E-state index contributed by atoms with van der Waals surface area (Å²) in [6.45, 7) is 6.91. The minimum Gasteiger partial charge on any atom is -0.462 e. The zero-order chi connectivity index (χ0) is 21.6. The van der Waals surface area contributed by atoms with Gasteiger partial charge in [0.1, 0.15) is 9.33 Å². The molecule has 0 saturated carbocycles. The molecule has 4 rings (SSSR count). The summed E-state index contributed by atoms with van der Waals surface area (Å²) in [7, 11) is 0. The van der Waals surface area contributed by atoms with E-state index in [2.05, 4.69) is 28.0 Å². The number of thioether (sulfide) groups is 1. The highest BCUT2D eigenvalue weighted by molar-refractivity contribution is 8.22. The van der Waals surface area contributed by atoms with Gasteiger partial charge in [0.2, 0.25) is 0 Å². The van der Waals surface area contributed by atoms with E-state index in [1.165, 1.54) is 10.3 Å². The van der Waals surface area contributed by atoms with Crippen LogP contribution in [-0.2, 0) is 17.0 Å². The largest absolute Gasteiger partial charge is 0.462 e. The average Bonchev–Trinajstić information content (AvgIpc) is 3.22. The van der Waals surface area contributed by atoms with E-state index in [0.29, 0.717) is 12.2 Å². The predicted molar refractivity (Wildman–Crippen MR) is 133 cm³/mol. The van der Waals surface area contributed by atoms with E-state index in [4.69, 9.17) is 21.9 Å². The molecule has 0 aliphatic carbocycles. The van der Waals surface area contributed by atoms with Gasteiger partial charge in [0.15, 0.2) is 0 Å². The van der Waals surface area contributed by atoms with Crippen molar-refractivity contribution in [3.8, 4) is 0 Å². The van der Waals surface area contributed by atoms with E-state index in [9.17, 15) is 4.79 Å². The highest BCUT2D eigenvalue weighted by Gasteiger charge is 2.20. The second-order valence-electron chi connectivity index (χ2n) is 7.31. The van der Waals surface area contributed by atoms with Gasteiger partial charge >= 0.3 is 5.97 Å². The number of rotatable bonds is 6. The molecule has 0 unspecified atom stereocenters. The zero-order valence-electron chi connectivity index (χ0n) is 17.5. The number of piperazine rings is 1.